The van der Waals surface area contributed by atoms with Gasteiger partial charge in [0, 0.05) is 22.6 Å². The zero-order valence-corrected chi connectivity index (χ0v) is 9.82. The van der Waals surface area contributed by atoms with Crippen molar-refractivity contribution in [3.05, 3.63) is 42.1 Å². The quantitative estimate of drug-likeness (QED) is 0.679. The molecule has 0 unspecified atom stereocenters. The number of nitrogens with zero attached hydrogens (tertiary/aromatic N) is 1. The highest BCUT2D eigenvalue weighted by Crippen LogP contribution is 2.25. The average molecular weight is 213 g/mol. The third-order valence-corrected chi connectivity index (χ3v) is 2.57. The lowest BCUT2D eigenvalue weighted by molar-refractivity contribution is 0.0860. The third-order valence-electron chi connectivity index (χ3n) is 2.57. The lowest BCUT2D eigenvalue weighted by Gasteiger charge is -2.17. The van der Waals surface area contributed by atoms with Crippen LogP contribution in [-0.2, 0) is 0 Å². The Bertz CT molecular complexity index is 532. The predicted octanol–water partition coefficient (Wildman–Crippen LogP) is 3.46. The smallest absolute Gasteiger partial charge is 0.168 e. The molecule has 2 rings (SSSR count). The molecule has 0 saturated heterocycles. The summed E-state index contributed by atoms with van der Waals surface area (Å²) in [6.45, 7) is 5.81. The molecule has 2 nitrogen and oxygen atoms in total. The summed E-state index contributed by atoms with van der Waals surface area (Å²) in [5.41, 5.74) is 1.28. The molecule has 0 aliphatic carbocycles. The van der Waals surface area contributed by atoms with E-state index in [0.717, 1.165) is 16.5 Å². The number of ketones is 1. The maximum atomic E-state index is 12.3. The number of Topliss-reactive ketones (excluding diaryl/α,β-unsaturated/α-hetero) is 1. The van der Waals surface area contributed by atoms with Crippen molar-refractivity contribution in [1.29, 1.82) is 0 Å². The molecule has 0 amide bonds. The number of benzene rings is 1. The van der Waals surface area contributed by atoms with E-state index in [2.05, 4.69) is 4.98 Å². The number of carbonyl (C=O) groups is 1. The second-order valence-electron chi connectivity index (χ2n) is 4.95. The monoisotopic (exact) mass is 213 g/mol. The highest BCUT2D eigenvalue weighted by Gasteiger charge is 2.24. The van der Waals surface area contributed by atoms with Crippen molar-refractivity contribution in [1.82, 2.24) is 4.98 Å². The number of hydrogen-bond donors (Lipinski definition) is 0. The van der Waals surface area contributed by atoms with Crippen LogP contribution in [0.1, 0.15) is 31.1 Å². The van der Waals surface area contributed by atoms with Crippen LogP contribution in [0.25, 0.3) is 10.9 Å². The van der Waals surface area contributed by atoms with Gasteiger partial charge in [0.2, 0.25) is 0 Å². The number of rotatable bonds is 1. The Morgan fingerprint density at radius 3 is 2.50 bits per heavy atom. The van der Waals surface area contributed by atoms with Gasteiger partial charge in [0.15, 0.2) is 5.78 Å². The van der Waals surface area contributed by atoms with E-state index in [1.165, 1.54) is 0 Å². The van der Waals surface area contributed by atoms with Crippen LogP contribution in [0.4, 0.5) is 0 Å². The van der Waals surface area contributed by atoms with Gasteiger partial charge in [-0.15, -0.1) is 0 Å². The van der Waals surface area contributed by atoms with Gasteiger partial charge in [-0.3, -0.25) is 9.78 Å². The van der Waals surface area contributed by atoms with Crippen LogP contribution in [0.15, 0.2) is 36.5 Å². The summed E-state index contributed by atoms with van der Waals surface area (Å²) in [5, 5.41) is 0.935. The first-order valence-corrected chi connectivity index (χ1v) is 5.39. The van der Waals surface area contributed by atoms with Crippen molar-refractivity contribution in [2.24, 2.45) is 5.41 Å². The number of para-hydroxylation sites is 1. The zero-order chi connectivity index (χ0) is 11.8. The maximum Gasteiger partial charge on any atom is 0.168 e. The topological polar surface area (TPSA) is 30.0 Å². The minimum atomic E-state index is -0.357. The molecule has 0 saturated carbocycles. The molecule has 0 N–H and O–H groups in total. The molecular formula is C14H15NO. The average Bonchev–Trinajstić information content (AvgIpc) is 2.26. The molecular weight excluding hydrogens is 198 g/mol. The number of pyridine rings is 1. The van der Waals surface area contributed by atoms with Crippen molar-refractivity contribution in [3.8, 4) is 0 Å². The Labute approximate surface area is 95.3 Å². The lowest BCUT2D eigenvalue weighted by atomic mass is 9.85. The molecule has 2 heteroatoms. The summed E-state index contributed by atoms with van der Waals surface area (Å²) >= 11 is 0. The van der Waals surface area contributed by atoms with Crippen molar-refractivity contribution in [2.75, 3.05) is 0 Å². The second kappa shape index (κ2) is 3.71. The molecule has 0 aliphatic rings. The van der Waals surface area contributed by atoms with Crippen molar-refractivity contribution >= 4 is 16.7 Å². The Morgan fingerprint density at radius 2 is 1.81 bits per heavy atom. The Kier molecular flexibility index (Phi) is 2.50. The first-order valence-electron chi connectivity index (χ1n) is 5.39. The number of hydrogen-bond acceptors (Lipinski definition) is 2. The van der Waals surface area contributed by atoms with Gasteiger partial charge in [-0.2, -0.15) is 0 Å². The predicted molar refractivity (Wildman–Crippen MR) is 65.5 cm³/mol. The van der Waals surface area contributed by atoms with E-state index < -0.39 is 0 Å². The minimum Gasteiger partial charge on any atom is -0.294 e. The maximum absolute atomic E-state index is 12.3. The largest absolute Gasteiger partial charge is 0.294 e. The van der Waals surface area contributed by atoms with Gasteiger partial charge in [-0.25, -0.2) is 0 Å². The molecule has 0 fully saturated rings. The van der Waals surface area contributed by atoms with Gasteiger partial charge in [-0.1, -0.05) is 39.0 Å². The first kappa shape index (κ1) is 10.8. The Balaban J connectivity index is 2.66. The normalized spacial score (nSPS) is 11.7. The SMILES string of the molecule is CC(C)(C)C(=O)c1ccnc2ccccc12. The van der Waals surface area contributed by atoms with Gasteiger partial charge in [-0.05, 0) is 12.1 Å². The van der Waals surface area contributed by atoms with Crippen LogP contribution < -0.4 is 0 Å². The molecule has 0 spiro atoms. The fraction of sp³-hybridized carbons (Fsp3) is 0.286. The van der Waals surface area contributed by atoms with Crippen molar-refractivity contribution in [2.45, 2.75) is 20.8 Å². The Morgan fingerprint density at radius 1 is 1.12 bits per heavy atom. The highest BCUT2D eigenvalue weighted by molar-refractivity contribution is 6.09. The van der Waals surface area contributed by atoms with Crippen molar-refractivity contribution < 1.29 is 4.79 Å². The lowest BCUT2D eigenvalue weighted by Crippen LogP contribution is -2.20. The van der Waals surface area contributed by atoms with E-state index in [9.17, 15) is 4.79 Å². The zero-order valence-electron chi connectivity index (χ0n) is 9.82. The third kappa shape index (κ3) is 1.83. The fourth-order valence-electron chi connectivity index (χ4n) is 1.70. The first-order chi connectivity index (χ1) is 7.50. The number of fused-ring (bicyclic) bond motifs is 1. The van der Waals surface area contributed by atoms with Gasteiger partial charge in [0.1, 0.15) is 0 Å². The number of aromatic nitrogens is 1. The molecule has 0 atom stereocenters. The highest BCUT2D eigenvalue weighted by atomic mass is 16.1. The van der Waals surface area contributed by atoms with Crippen LogP contribution in [0.2, 0.25) is 0 Å². The molecule has 1 aromatic carbocycles. The molecule has 82 valence electrons. The van der Waals surface area contributed by atoms with Gasteiger partial charge >= 0.3 is 0 Å². The van der Waals surface area contributed by atoms with E-state index in [-0.39, 0.29) is 11.2 Å². The molecule has 1 heterocycles. The van der Waals surface area contributed by atoms with Crippen LogP contribution in [0.3, 0.4) is 0 Å². The summed E-state index contributed by atoms with van der Waals surface area (Å²) in [4.78, 5) is 16.5. The molecule has 16 heavy (non-hydrogen) atoms. The number of carbonyl (C=O) groups excluding carboxylic acids is 1. The second-order valence-corrected chi connectivity index (χ2v) is 4.95. The summed E-state index contributed by atoms with van der Waals surface area (Å²) in [6, 6.07) is 9.54. The van der Waals surface area contributed by atoms with E-state index in [1.807, 2.05) is 45.0 Å². The molecule has 0 bridgehead atoms. The summed E-state index contributed by atoms with van der Waals surface area (Å²) in [7, 11) is 0. The fourth-order valence-corrected chi connectivity index (χ4v) is 1.70. The van der Waals surface area contributed by atoms with Crippen molar-refractivity contribution in [3.63, 3.8) is 0 Å². The van der Waals surface area contributed by atoms with Crippen LogP contribution >= 0.6 is 0 Å². The molecule has 0 aliphatic heterocycles. The van der Waals surface area contributed by atoms with Gasteiger partial charge < -0.3 is 0 Å². The Hall–Kier alpha value is -1.70. The summed E-state index contributed by atoms with van der Waals surface area (Å²) in [6.07, 6.45) is 1.70. The van der Waals surface area contributed by atoms with Crippen LogP contribution in [-0.4, -0.2) is 10.8 Å². The van der Waals surface area contributed by atoms with E-state index in [4.69, 9.17) is 0 Å². The van der Waals surface area contributed by atoms with Gasteiger partial charge in [0.05, 0.1) is 5.52 Å². The van der Waals surface area contributed by atoms with E-state index >= 15 is 0 Å². The molecule has 0 radical (unpaired) electrons. The minimum absolute atomic E-state index is 0.158. The summed E-state index contributed by atoms with van der Waals surface area (Å²) in [5.74, 6) is 0.158. The van der Waals surface area contributed by atoms with E-state index in [1.54, 1.807) is 12.3 Å². The summed E-state index contributed by atoms with van der Waals surface area (Å²) < 4.78 is 0. The van der Waals surface area contributed by atoms with E-state index in [0.29, 0.717) is 0 Å². The molecule has 2 aromatic rings. The van der Waals surface area contributed by atoms with Crippen LogP contribution in [0, 0.1) is 5.41 Å². The van der Waals surface area contributed by atoms with Crippen LogP contribution in [0.5, 0.6) is 0 Å². The standard InChI is InChI=1S/C14H15NO/c1-14(2,3)13(16)11-8-9-15-12-7-5-4-6-10(11)12/h4-9H,1-3H3. The van der Waals surface area contributed by atoms with Gasteiger partial charge in [0.25, 0.3) is 0 Å². The molecule has 1 aromatic heterocycles.